The van der Waals surface area contributed by atoms with Crippen molar-refractivity contribution in [1.29, 1.82) is 0 Å². The van der Waals surface area contributed by atoms with E-state index in [0.29, 0.717) is 12.6 Å². The van der Waals surface area contributed by atoms with Crippen LogP contribution in [0, 0.1) is 0 Å². The van der Waals surface area contributed by atoms with Crippen molar-refractivity contribution in [3.05, 3.63) is 95.6 Å². The van der Waals surface area contributed by atoms with Gasteiger partial charge in [-0.05, 0) is 60.3 Å². The van der Waals surface area contributed by atoms with Crippen LogP contribution in [0.3, 0.4) is 0 Å². The number of benzene rings is 3. The smallest absolute Gasteiger partial charge is 0.143 e. The van der Waals surface area contributed by atoms with Crippen molar-refractivity contribution in [2.24, 2.45) is 0 Å². The van der Waals surface area contributed by atoms with Crippen LogP contribution in [-0.4, -0.2) is 44.9 Å². The molecule has 1 atom stereocenters. The molecule has 34 heavy (non-hydrogen) atoms. The molecule has 3 aromatic rings. The van der Waals surface area contributed by atoms with Crippen molar-refractivity contribution in [1.82, 2.24) is 5.32 Å². The van der Waals surface area contributed by atoms with Crippen molar-refractivity contribution in [3.63, 3.8) is 0 Å². The van der Waals surface area contributed by atoms with Crippen LogP contribution in [0.2, 0.25) is 0 Å². The fourth-order valence-corrected chi connectivity index (χ4v) is 6.77. The summed E-state index contributed by atoms with van der Waals surface area (Å²) in [6.45, 7) is 1.58. The van der Waals surface area contributed by atoms with Crippen LogP contribution in [0.25, 0.3) is 0 Å². The molecule has 0 aromatic heterocycles. The van der Waals surface area contributed by atoms with E-state index in [-0.39, 0.29) is 0 Å². The van der Waals surface area contributed by atoms with Gasteiger partial charge >= 0.3 is 0 Å². The first kappa shape index (κ1) is 25.0. The van der Waals surface area contributed by atoms with E-state index < -0.39 is 5.60 Å². The Morgan fingerprint density at radius 1 is 0.794 bits per heavy atom. The Bertz CT molecular complexity index is 943. The maximum absolute atomic E-state index is 6.89. The van der Waals surface area contributed by atoms with Crippen LogP contribution in [0.15, 0.2) is 78.9 Å². The summed E-state index contributed by atoms with van der Waals surface area (Å²) >= 11 is 0. The fourth-order valence-electron chi connectivity index (χ4n) is 4.30. The average Bonchev–Trinajstić information content (AvgIpc) is 2.92. The Kier molecular flexibility index (Phi) is 9.22. The number of rotatable bonds is 11. The molecule has 0 bridgehead atoms. The van der Waals surface area contributed by atoms with Crippen LogP contribution in [0.5, 0.6) is 11.5 Å². The molecule has 0 saturated carbocycles. The Morgan fingerprint density at radius 3 is 1.91 bits per heavy atom. The molecule has 1 saturated heterocycles. The van der Waals surface area contributed by atoms with Gasteiger partial charge in [0.15, 0.2) is 0 Å². The Balaban J connectivity index is 1.63. The van der Waals surface area contributed by atoms with E-state index in [2.05, 4.69) is 53.8 Å². The van der Waals surface area contributed by atoms with Crippen LogP contribution >= 0.6 is 21.6 Å². The zero-order chi connectivity index (χ0) is 23.6. The van der Waals surface area contributed by atoms with E-state index in [1.165, 1.54) is 17.9 Å². The highest BCUT2D eigenvalue weighted by Crippen LogP contribution is 2.41. The number of methoxy groups -OCH3 is 2. The second-order valence-electron chi connectivity index (χ2n) is 8.25. The minimum Gasteiger partial charge on any atom is -0.497 e. The number of hydrogen-bond acceptors (Lipinski definition) is 6. The number of hydrogen-bond donors (Lipinski definition) is 1. The van der Waals surface area contributed by atoms with Crippen LogP contribution in [0.1, 0.15) is 29.5 Å². The maximum atomic E-state index is 6.89. The molecule has 1 fully saturated rings. The fraction of sp³-hybridized carbons (Fsp3) is 0.357. The molecule has 1 aliphatic rings. The van der Waals surface area contributed by atoms with Crippen LogP contribution in [0.4, 0.5) is 0 Å². The molecule has 180 valence electrons. The summed E-state index contributed by atoms with van der Waals surface area (Å²) < 4.78 is 17.7. The summed E-state index contributed by atoms with van der Waals surface area (Å²) in [4.78, 5) is 0. The van der Waals surface area contributed by atoms with E-state index >= 15 is 0 Å². The molecule has 0 radical (unpaired) electrons. The third-order valence-electron chi connectivity index (χ3n) is 6.15. The van der Waals surface area contributed by atoms with Gasteiger partial charge in [-0.3, -0.25) is 0 Å². The van der Waals surface area contributed by atoms with Crippen LogP contribution < -0.4 is 14.8 Å². The SMILES string of the molecule is COc1ccc(C(OCCCN[C@H]2CCSSC2)(c2ccccc2)c2ccc(OC)cc2)cc1. The minimum absolute atomic E-state index is 0.605. The highest BCUT2D eigenvalue weighted by atomic mass is 33.1. The van der Waals surface area contributed by atoms with Crippen LogP contribution in [-0.2, 0) is 10.3 Å². The summed E-state index contributed by atoms with van der Waals surface area (Å²) in [6, 6.07) is 27.5. The van der Waals surface area contributed by atoms with Gasteiger partial charge in [0, 0.05) is 24.2 Å². The monoisotopic (exact) mass is 495 g/mol. The molecule has 1 aliphatic heterocycles. The summed E-state index contributed by atoms with van der Waals surface area (Å²) in [7, 11) is 7.33. The normalized spacial score (nSPS) is 16.2. The van der Waals surface area contributed by atoms with Gasteiger partial charge in [0.25, 0.3) is 0 Å². The van der Waals surface area contributed by atoms with Gasteiger partial charge in [-0.15, -0.1) is 0 Å². The maximum Gasteiger partial charge on any atom is 0.143 e. The molecule has 1 N–H and O–H groups in total. The van der Waals surface area contributed by atoms with Crippen molar-refractivity contribution in [2.45, 2.75) is 24.5 Å². The zero-order valence-corrected chi connectivity index (χ0v) is 21.5. The Hall–Kier alpha value is -2.12. The van der Waals surface area contributed by atoms with Crippen molar-refractivity contribution >= 4 is 21.6 Å². The lowest BCUT2D eigenvalue weighted by molar-refractivity contribution is 0.0115. The lowest BCUT2D eigenvalue weighted by Crippen LogP contribution is -2.36. The lowest BCUT2D eigenvalue weighted by Gasteiger charge is -2.36. The lowest BCUT2D eigenvalue weighted by atomic mass is 9.80. The Labute approximate surface area is 211 Å². The predicted molar refractivity (Wildman–Crippen MR) is 144 cm³/mol. The number of ether oxygens (including phenoxy) is 3. The van der Waals surface area contributed by atoms with Gasteiger partial charge in [0.05, 0.1) is 14.2 Å². The van der Waals surface area contributed by atoms with Crippen molar-refractivity contribution < 1.29 is 14.2 Å². The molecule has 4 nitrogen and oxygen atoms in total. The third-order valence-corrected chi connectivity index (χ3v) is 8.66. The largest absolute Gasteiger partial charge is 0.497 e. The first-order valence-electron chi connectivity index (χ1n) is 11.7. The summed E-state index contributed by atoms with van der Waals surface area (Å²) in [5.74, 6) is 4.06. The summed E-state index contributed by atoms with van der Waals surface area (Å²) in [5.41, 5.74) is 2.49. The number of nitrogens with one attached hydrogen (secondary N) is 1. The minimum atomic E-state index is -0.739. The summed E-state index contributed by atoms with van der Waals surface area (Å²) in [5, 5.41) is 3.71. The molecular formula is C28H33NO3S2. The predicted octanol–water partition coefficient (Wildman–Crippen LogP) is 6.15. The molecule has 1 heterocycles. The van der Waals surface area contributed by atoms with E-state index in [9.17, 15) is 0 Å². The van der Waals surface area contributed by atoms with E-state index in [4.69, 9.17) is 14.2 Å². The van der Waals surface area contributed by atoms with Gasteiger partial charge in [0.1, 0.15) is 17.1 Å². The molecule has 0 aliphatic carbocycles. The van der Waals surface area contributed by atoms with Crippen molar-refractivity contribution in [3.8, 4) is 11.5 Å². The second-order valence-corrected chi connectivity index (χ2v) is 10.9. The topological polar surface area (TPSA) is 39.7 Å². The quantitative estimate of drug-likeness (QED) is 0.196. The highest BCUT2D eigenvalue weighted by Gasteiger charge is 2.37. The molecule has 0 spiro atoms. The molecule has 0 amide bonds. The molecule has 6 heteroatoms. The first-order chi connectivity index (χ1) is 16.8. The Morgan fingerprint density at radius 2 is 1.38 bits per heavy atom. The summed E-state index contributed by atoms with van der Waals surface area (Å²) in [6.07, 6.45) is 2.18. The van der Waals surface area contributed by atoms with Gasteiger partial charge < -0.3 is 19.5 Å². The van der Waals surface area contributed by atoms with Gasteiger partial charge in [-0.25, -0.2) is 0 Å². The van der Waals surface area contributed by atoms with Gasteiger partial charge in [-0.2, -0.15) is 0 Å². The molecule has 3 aromatic carbocycles. The second kappa shape index (κ2) is 12.5. The molecule has 4 rings (SSSR count). The standard InChI is InChI=1S/C28H33NO3S2/c1-30-26-13-9-23(10-14-26)28(22-7-4-3-5-8-22,24-11-15-27(31-2)16-12-24)32-19-6-18-29-25-17-20-33-34-21-25/h3-5,7-16,25,29H,6,17-21H2,1-2H3/t25-/m0/s1. The highest BCUT2D eigenvalue weighted by molar-refractivity contribution is 8.76. The first-order valence-corrected chi connectivity index (χ1v) is 14.2. The third kappa shape index (κ3) is 5.92. The van der Waals surface area contributed by atoms with E-state index in [1.807, 2.05) is 51.9 Å². The molecule has 0 unspecified atom stereocenters. The zero-order valence-electron chi connectivity index (χ0n) is 19.9. The van der Waals surface area contributed by atoms with Gasteiger partial charge in [-0.1, -0.05) is 76.2 Å². The molecular weight excluding hydrogens is 462 g/mol. The van der Waals surface area contributed by atoms with E-state index in [0.717, 1.165) is 41.2 Å². The van der Waals surface area contributed by atoms with Gasteiger partial charge in [0.2, 0.25) is 0 Å². The average molecular weight is 496 g/mol. The van der Waals surface area contributed by atoms with E-state index in [1.54, 1.807) is 14.2 Å². The van der Waals surface area contributed by atoms with Crippen molar-refractivity contribution in [2.75, 3.05) is 38.9 Å².